The summed E-state index contributed by atoms with van der Waals surface area (Å²) in [6, 6.07) is 3.52. The van der Waals surface area contributed by atoms with Gasteiger partial charge in [-0.2, -0.15) is 0 Å². The number of amides is 5. The van der Waals surface area contributed by atoms with Crippen LogP contribution in [-0.2, 0) is 4.79 Å². The number of non-ortho nitro benzene ring substituents is 1. The Morgan fingerprint density at radius 1 is 1.16 bits per heavy atom. The first kappa shape index (κ1) is 22.2. The van der Waals surface area contributed by atoms with E-state index in [-0.39, 0.29) is 54.2 Å². The zero-order valence-electron chi connectivity index (χ0n) is 17.5. The number of carbonyl (C=O) groups excluding carboxylic acids is 4. The second-order valence-electron chi connectivity index (χ2n) is 7.86. The van der Waals surface area contributed by atoms with Gasteiger partial charge in [-0.05, 0) is 25.3 Å². The Hall–Kier alpha value is -3.50. The molecule has 11 nitrogen and oxygen atoms in total. The van der Waals surface area contributed by atoms with Gasteiger partial charge < -0.3 is 15.1 Å². The van der Waals surface area contributed by atoms with Gasteiger partial charge >= 0.3 is 6.03 Å². The largest absolute Gasteiger partial charge is 0.353 e. The Morgan fingerprint density at radius 2 is 1.81 bits per heavy atom. The highest BCUT2D eigenvalue weighted by Gasteiger charge is 2.36. The number of hydrogen-bond donors (Lipinski definition) is 1. The van der Waals surface area contributed by atoms with Crippen molar-refractivity contribution in [3.05, 3.63) is 39.4 Å². The van der Waals surface area contributed by atoms with E-state index in [1.807, 2.05) is 0 Å². The maximum atomic E-state index is 12.5. The Morgan fingerprint density at radius 3 is 2.42 bits per heavy atom. The molecule has 31 heavy (non-hydrogen) atoms. The number of rotatable bonds is 6. The van der Waals surface area contributed by atoms with E-state index in [0.717, 1.165) is 11.0 Å². The molecule has 0 aliphatic carbocycles. The molecule has 5 amide bonds. The molecule has 11 heteroatoms. The van der Waals surface area contributed by atoms with Crippen LogP contribution in [0.3, 0.4) is 0 Å². The summed E-state index contributed by atoms with van der Waals surface area (Å²) in [7, 11) is 3.40. The highest BCUT2D eigenvalue weighted by atomic mass is 16.6. The molecule has 2 heterocycles. The number of benzene rings is 1. The van der Waals surface area contributed by atoms with Gasteiger partial charge in [-0.3, -0.25) is 29.4 Å². The van der Waals surface area contributed by atoms with Crippen molar-refractivity contribution in [1.82, 2.24) is 20.0 Å². The van der Waals surface area contributed by atoms with Crippen LogP contribution in [0.1, 0.15) is 46.4 Å². The summed E-state index contributed by atoms with van der Waals surface area (Å²) in [5, 5.41) is 13.8. The van der Waals surface area contributed by atoms with Crippen molar-refractivity contribution in [2.24, 2.45) is 0 Å². The zero-order valence-corrected chi connectivity index (χ0v) is 17.5. The molecule has 166 valence electrons. The van der Waals surface area contributed by atoms with Crippen molar-refractivity contribution < 1.29 is 24.1 Å². The van der Waals surface area contributed by atoms with Crippen LogP contribution in [-0.4, -0.2) is 83.1 Å². The quantitative estimate of drug-likeness (QED) is 0.409. The molecule has 3 rings (SSSR count). The molecule has 0 radical (unpaired) electrons. The van der Waals surface area contributed by atoms with Gasteiger partial charge in [-0.15, -0.1) is 0 Å². The van der Waals surface area contributed by atoms with Crippen LogP contribution in [0.4, 0.5) is 10.5 Å². The van der Waals surface area contributed by atoms with Crippen LogP contribution in [0.2, 0.25) is 0 Å². The highest BCUT2D eigenvalue weighted by molar-refractivity contribution is 6.21. The number of imide groups is 1. The number of fused-ring (bicyclic) bond motifs is 1. The minimum Gasteiger partial charge on any atom is -0.353 e. The predicted octanol–water partition coefficient (Wildman–Crippen LogP) is 1.23. The lowest BCUT2D eigenvalue weighted by Gasteiger charge is -2.34. The van der Waals surface area contributed by atoms with Crippen LogP contribution in [0.15, 0.2) is 18.2 Å². The second kappa shape index (κ2) is 9.11. The smallest absolute Gasteiger partial charge is 0.319 e. The lowest BCUT2D eigenvalue weighted by Crippen LogP contribution is -2.49. The Balaban J connectivity index is 1.45. The van der Waals surface area contributed by atoms with E-state index in [9.17, 15) is 29.3 Å². The van der Waals surface area contributed by atoms with E-state index < -0.39 is 16.7 Å². The van der Waals surface area contributed by atoms with E-state index >= 15 is 0 Å². The monoisotopic (exact) mass is 431 g/mol. The van der Waals surface area contributed by atoms with Crippen LogP contribution >= 0.6 is 0 Å². The average Bonchev–Trinajstić information content (AvgIpc) is 2.98. The SMILES string of the molecule is CN(C)C(=O)N1CCC(NC(=O)CCCN2C(=O)c3ccc([N+](=O)[O-])cc3C2=O)CC1. The summed E-state index contributed by atoms with van der Waals surface area (Å²) in [6.45, 7) is 1.20. The molecule has 0 aromatic heterocycles. The molecule has 1 saturated heterocycles. The normalized spacial score (nSPS) is 16.3. The zero-order chi connectivity index (χ0) is 22.7. The number of carbonyl (C=O) groups is 4. The Bertz CT molecular complexity index is 923. The van der Waals surface area contributed by atoms with Crippen LogP contribution in [0.5, 0.6) is 0 Å². The fraction of sp³-hybridized carbons (Fsp3) is 0.500. The lowest BCUT2D eigenvalue weighted by molar-refractivity contribution is -0.384. The third-order valence-electron chi connectivity index (χ3n) is 5.46. The molecule has 0 bridgehead atoms. The molecule has 0 spiro atoms. The van der Waals surface area contributed by atoms with E-state index in [1.165, 1.54) is 17.0 Å². The minimum atomic E-state index is -0.619. The van der Waals surface area contributed by atoms with Gasteiger partial charge in [0.25, 0.3) is 17.5 Å². The summed E-state index contributed by atoms with van der Waals surface area (Å²) in [5.74, 6) is -1.26. The van der Waals surface area contributed by atoms with E-state index in [4.69, 9.17) is 0 Å². The van der Waals surface area contributed by atoms with E-state index in [0.29, 0.717) is 25.9 Å². The van der Waals surface area contributed by atoms with Crippen molar-refractivity contribution in [3.63, 3.8) is 0 Å². The third-order valence-corrected chi connectivity index (χ3v) is 5.46. The molecule has 0 unspecified atom stereocenters. The van der Waals surface area contributed by atoms with Crippen molar-refractivity contribution in [3.8, 4) is 0 Å². The first-order valence-electron chi connectivity index (χ1n) is 10.1. The maximum absolute atomic E-state index is 12.5. The van der Waals surface area contributed by atoms with Crippen molar-refractivity contribution in [2.75, 3.05) is 33.7 Å². The fourth-order valence-electron chi connectivity index (χ4n) is 3.79. The molecule has 1 fully saturated rings. The first-order valence-corrected chi connectivity index (χ1v) is 10.1. The molecular weight excluding hydrogens is 406 g/mol. The first-order chi connectivity index (χ1) is 14.7. The maximum Gasteiger partial charge on any atom is 0.319 e. The number of likely N-dealkylation sites (tertiary alicyclic amines) is 1. The van der Waals surface area contributed by atoms with Gasteiger partial charge in [0.15, 0.2) is 0 Å². The predicted molar refractivity (Wildman–Crippen MR) is 110 cm³/mol. The number of hydrogen-bond acceptors (Lipinski definition) is 6. The molecule has 1 aromatic rings. The number of nitro groups is 1. The summed E-state index contributed by atoms with van der Waals surface area (Å²) >= 11 is 0. The van der Waals surface area contributed by atoms with Crippen molar-refractivity contribution in [1.29, 1.82) is 0 Å². The van der Waals surface area contributed by atoms with Crippen LogP contribution < -0.4 is 5.32 Å². The number of nitrogens with one attached hydrogen (secondary N) is 1. The molecule has 1 aromatic carbocycles. The number of urea groups is 1. The standard InChI is InChI=1S/C20H25N5O6/c1-22(2)20(29)23-10-7-13(8-11-23)21-17(26)4-3-9-24-18(27)15-6-5-14(25(30)31)12-16(15)19(24)28/h5-6,12-13H,3-4,7-11H2,1-2H3,(H,21,26). The lowest BCUT2D eigenvalue weighted by atomic mass is 10.0. The summed E-state index contributed by atoms with van der Waals surface area (Å²) in [4.78, 5) is 63.6. The second-order valence-corrected chi connectivity index (χ2v) is 7.86. The van der Waals surface area contributed by atoms with Crippen molar-refractivity contribution in [2.45, 2.75) is 31.7 Å². The Kier molecular flexibility index (Phi) is 6.52. The summed E-state index contributed by atoms with van der Waals surface area (Å²) < 4.78 is 0. The van der Waals surface area contributed by atoms with Crippen LogP contribution in [0, 0.1) is 10.1 Å². The fourth-order valence-corrected chi connectivity index (χ4v) is 3.79. The molecule has 0 atom stereocenters. The minimum absolute atomic E-state index is 0.0152. The molecule has 2 aliphatic heterocycles. The molecular formula is C20H25N5O6. The molecule has 2 aliphatic rings. The van der Waals surface area contributed by atoms with Crippen LogP contribution in [0.25, 0.3) is 0 Å². The Labute approximate surface area is 179 Å². The van der Waals surface area contributed by atoms with Gasteiger partial charge in [-0.1, -0.05) is 0 Å². The topological polar surface area (TPSA) is 133 Å². The van der Waals surface area contributed by atoms with Gasteiger partial charge in [0, 0.05) is 58.3 Å². The van der Waals surface area contributed by atoms with Gasteiger partial charge in [0.05, 0.1) is 16.1 Å². The number of piperidine rings is 1. The van der Waals surface area contributed by atoms with Gasteiger partial charge in [-0.25, -0.2) is 4.79 Å². The number of nitro benzene ring substituents is 1. The number of nitrogens with zero attached hydrogens (tertiary/aromatic N) is 4. The molecule has 1 N–H and O–H groups in total. The third kappa shape index (κ3) is 4.81. The van der Waals surface area contributed by atoms with E-state index in [1.54, 1.807) is 19.0 Å². The van der Waals surface area contributed by atoms with E-state index in [2.05, 4.69) is 5.32 Å². The van der Waals surface area contributed by atoms with Gasteiger partial charge in [0.1, 0.15) is 0 Å². The average molecular weight is 431 g/mol. The van der Waals surface area contributed by atoms with Crippen molar-refractivity contribution >= 4 is 29.4 Å². The summed E-state index contributed by atoms with van der Waals surface area (Å²) in [5.41, 5.74) is -0.0961. The molecule has 0 saturated carbocycles. The highest BCUT2D eigenvalue weighted by Crippen LogP contribution is 2.27. The summed E-state index contributed by atoms with van der Waals surface area (Å²) in [6.07, 6.45) is 1.77. The van der Waals surface area contributed by atoms with Gasteiger partial charge in [0.2, 0.25) is 5.91 Å².